The Morgan fingerprint density at radius 1 is 1.00 bits per heavy atom. The van der Waals surface area contributed by atoms with Crippen molar-refractivity contribution in [1.82, 2.24) is 0 Å². The van der Waals surface area contributed by atoms with E-state index in [4.69, 9.17) is 32.7 Å². The largest absolute Gasteiger partial charge is 0.493 e. The third-order valence-corrected chi connectivity index (χ3v) is 3.27. The molecule has 5 nitrogen and oxygen atoms in total. The second kappa shape index (κ2) is 9.15. The summed E-state index contributed by atoms with van der Waals surface area (Å²) >= 11 is 11.7. The molecule has 2 aromatic carbocycles. The molecule has 0 saturated heterocycles. The molecule has 2 rings (SSSR count). The highest BCUT2D eigenvalue weighted by Crippen LogP contribution is 2.22. The number of nitrogens with one attached hydrogen (secondary N) is 1. The van der Waals surface area contributed by atoms with Gasteiger partial charge >= 0.3 is 5.97 Å². The third-order valence-electron chi connectivity index (χ3n) is 2.83. The zero-order valence-corrected chi connectivity index (χ0v) is 14.1. The highest BCUT2D eigenvalue weighted by atomic mass is 35.5. The smallest absolute Gasteiger partial charge is 0.309 e. The minimum atomic E-state index is -0.523. The summed E-state index contributed by atoms with van der Waals surface area (Å²) in [4.78, 5) is 23.3. The fourth-order valence-corrected chi connectivity index (χ4v) is 2.34. The van der Waals surface area contributed by atoms with E-state index in [-0.39, 0.29) is 13.0 Å². The molecule has 24 heavy (non-hydrogen) atoms. The molecule has 126 valence electrons. The Morgan fingerprint density at radius 2 is 1.67 bits per heavy atom. The van der Waals surface area contributed by atoms with E-state index in [2.05, 4.69) is 5.32 Å². The summed E-state index contributed by atoms with van der Waals surface area (Å²) < 4.78 is 10.3. The Hall–Kier alpha value is -2.24. The minimum absolute atomic E-state index is 0.0468. The van der Waals surface area contributed by atoms with Crippen molar-refractivity contribution < 1.29 is 19.1 Å². The topological polar surface area (TPSA) is 64.6 Å². The fourth-order valence-electron chi connectivity index (χ4n) is 1.81. The molecule has 1 amide bonds. The van der Waals surface area contributed by atoms with E-state index < -0.39 is 18.5 Å². The molecule has 1 N–H and O–H groups in total. The first kappa shape index (κ1) is 18.1. The third kappa shape index (κ3) is 6.48. The van der Waals surface area contributed by atoms with Gasteiger partial charge in [-0.3, -0.25) is 9.59 Å². The van der Waals surface area contributed by atoms with Crippen molar-refractivity contribution in [2.75, 3.05) is 18.5 Å². The molecular weight excluding hydrogens is 353 g/mol. The lowest BCUT2D eigenvalue weighted by Gasteiger charge is -2.08. The number of carbonyl (C=O) groups excluding carboxylic acids is 2. The molecule has 0 unspecified atom stereocenters. The van der Waals surface area contributed by atoms with Crippen LogP contribution in [0.2, 0.25) is 10.0 Å². The number of hydrogen-bond donors (Lipinski definition) is 1. The summed E-state index contributed by atoms with van der Waals surface area (Å²) in [5.74, 6) is -0.336. The van der Waals surface area contributed by atoms with Gasteiger partial charge in [0.05, 0.1) is 13.0 Å². The van der Waals surface area contributed by atoms with Crippen LogP contribution in [-0.2, 0) is 14.3 Å². The van der Waals surface area contributed by atoms with Crippen LogP contribution in [0.15, 0.2) is 48.5 Å². The van der Waals surface area contributed by atoms with Gasteiger partial charge in [0.25, 0.3) is 5.91 Å². The van der Waals surface area contributed by atoms with Gasteiger partial charge in [0, 0.05) is 15.7 Å². The maximum absolute atomic E-state index is 11.7. The Balaban J connectivity index is 1.68. The van der Waals surface area contributed by atoms with E-state index in [1.165, 1.54) is 0 Å². The van der Waals surface area contributed by atoms with E-state index in [0.29, 0.717) is 21.5 Å². The molecule has 0 aliphatic rings. The fraction of sp³-hybridized carbons (Fsp3) is 0.176. The maximum Gasteiger partial charge on any atom is 0.309 e. The molecule has 0 aromatic heterocycles. The van der Waals surface area contributed by atoms with Crippen molar-refractivity contribution >= 4 is 40.8 Å². The van der Waals surface area contributed by atoms with E-state index >= 15 is 0 Å². The van der Waals surface area contributed by atoms with Crippen LogP contribution in [0.1, 0.15) is 6.42 Å². The van der Waals surface area contributed by atoms with Gasteiger partial charge < -0.3 is 14.8 Å². The molecule has 0 aliphatic heterocycles. The average molecular weight is 368 g/mol. The second-order valence-electron chi connectivity index (χ2n) is 4.78. The van der Waals surface area contributed by atoms with Crippen molar-refractivity contribution in [3.8, 4) is 5.75 Å². The summed E-state index contributed by atoms with van der Waals surface area (Å²) in [5, 5.41) is 3.34. The number of hydrogen-bond acceptors (Lipinski definition) is 4. The monoisotopic (exact) mass is 367 g/mol. The number of para-hydroxylation sites is 1. The van der Waals surface area contributed by atoms with Gasteiger partial charge in [0.15, 0.2) is 6.61 Å². The van der Waals surface area contributed by atoms with Crippen LogP contribution in [0.3, 0.4) is 0 Å². The number of halogens is 2. The van der Waals surface area contributed by atoms with Gasteiger partial charge in [-0.05, 0) is 30.3 Å². The molecule has 0 heterocycles. The summed E-state index contributed by atoms with van der Waals surface area (Å²) in [7, 11) is 0. The molecule has 0 radical (unpaired) electrons. The lowest BCUT2D eigenvalue weighted by atomic mass is 10.3. The first-order chi connectivity index (χ1) is 11.5. The Bertz CT molecular complexity index is 687. The number of rotatable bonds is 7. The normalized spacial score (nSPS) is 10.1. The molecule has 7 heteroatoms. The summed E-state index contributed by atoms with van der Waals surface area (Å²) in [6, 6.07) is 13.7. The number of esters is 1. The second-order valence-corrected chi connectivity index (χ2v) is 5.65. The van der Waals surface area contributed by atoms with Crippen molar-refractivity contribution in [2.24, 2.45) is 0 Å². The highest BCUT2D eigenvalue weighted by Gasteiger charge is 2.09. The quantitative estimate of drug-likeness (QED) is 0.752. The van der Waals surface area contributed by atoms with E-state index in [1.54, 1.807) is 30.3 Å². The number of carbonyl (C=O) groups is 2. The Labute approximate surface area is 149 Å². The van der Waals surface area contributed by atoms with E-state index in [1.807, 2.05) is 18.2 Å². The van der Waals surface area contributed by atoms with Crippen molar-refractivity contribution in [2.45, 2.75) is 6.42 Å². The van der Waals surface area contributed by atoms with Crippen LogP contribution in [0.4, 0.5) is 5.69 Å². The SMILES string of the molecule is O=C(COC(=O)CCOc1ccccc1)Nc1cc(Cl)cc(Cl)c1. The molecule has 0 fully saturated rings. The van der Waals surface area contributed by atoms with Gasteiger partial charge in [0.2, 0.25) is 0 Å². The van der Waals surface area contributed by atoms with Crippen LogP contribution < -0.4 is 10.1 Å². The van der Waals surface area contributed by atoms with Crippen molar-refractivity contribution in [3.05, 3.63) is 58.6 Å². The van der Waals surface area contributed by atoms with E-state index in [9.17, 15) is 9.59 Å². The lowest BCUT2D eigenvalue weighted by molar-refractivity contribution is -0.147. The molecule has 0 saturated carbocycles. The van der Waals surface area contributed by atoms with Gasteiger partial charge in [-0.25, -0.2) is 0 Å². The lowest BCUT2D eigenvalue weighted by Crippen LogP contribution is -2.21. The van der Waals surface area contributed by atoms with Gasteiger partial charge in [-0.1, -0.05) is 41.4 Å². The summed E-state index contributed by atoms with van der Waals surface area (Å²) in [6.45, 7) is -0.220. The van der Waals surface area contributed by atoms with Crippen LogP contribution in [-0.4, -0.2) is 25.1 Å². The summed E-state index contributed by atoms with van der Waals surface area (Å²) in [6.07, 6.45) is 0.0468. The van der Waals surface area contributed by atoms with Gasteiger partial charge in [-0.15, -0.1) is 0 Å². The highest BCUT2D eigenvalue weighted by molar-refractivity contribution is 6.35. The Morgan fingerprint density at radius 3 is 2.33 bits per heavy atom. The Kier molecular flexibility index (Phi) is 6.90. The molecule has 2 aromatic rings. The van der Waals surface area contributed by atoms with Crippen LogP contribution in [0, 0.1) is 0 Å². The zero-order valence-electron chi connectivity index (χ0n) is 12.6. The number of anilines is 1. The average Bonchev–Trinajstić information content (AvgIpc) is 2.53. The van der Waals surface area contributed by atoms with Crippen LogP contribution in [0.25, 0.3) is 0 Å². The molecule has 0 spiro atoms. The predicted octanol–water partition coefficient (Wildman–Crippen LogP) is 3.94. The number of benzene rings is 2. The first-order valence-corrected chi connectivity index (χ1v) is 7.88. The van der Waals surface area contributed by atoms with Crippen LogP contribution >= 0.6 is 23.2 Å². The molecule has 0 aliphatic carbocycles. The predicted molar refractivity (Wildman–Crippen MR) is 92.6 cm³/mol. The molecule has 0 atom stereocenters. The van der Waals surface area contributed by atoms with E-state index in [0.717, 1.165) is 0 Å². The van der Waals surface area contributed by atoms with Crippen molar-refractivity contribution in [3.63, 3.8) is 0 Å². The summed E-state index contributed by atoms with van der Waals surface area (Å²) in [5.41, 5.74) is 0.431. The maximum atomic E-state index is 11.7. The number of ether oxygens (including phenoxy) is 2. The number of amides is 1. The first-order valence-electron chi connectivity index (χ1n) is 7.12. The molecule has 0 bridgehead atoms. The minimum Gasteiger partial charge on any atom is -0.493 e. The van der Waals surface area contributed by atoms with Crippen LogP contribution in [0.5, 0.6) is 5.75 Å². The molecular formula is C17H15Cl2NO4. The van der Waals surface area contributed by atoms with Gasteiger partial charge in [-0.2, -0.15) is 0 Å². The van der Waals surface area contributed by atoms with Gasteiger partial charge in [0.1, 0.15) is 5.75 Å². The standard InChI is InChI=1S/C17H15Cl2NO4/c18-12-8-13(19)10-14(9-12)20-16(21)11-24-17(22)6-7-23-15-4-2-1-3-5-15/h1-5,8-10H,6-7,11H2,(H,20,21). The van der Waals surface area contributed by atoms with Crippen molar-refractivity contribution in [1.29, 1.82) is 0 Å². The zero-order chi connectivity index (χ0) is 17.4.